The first-order valence-electron chi connectivity index (χ1n) is 9.26. The summed E-state index contributed by atoms with van der Waals surface area (Å²) < 4.78 is 0. The molecule has 0 aliphatic heterocycles. The van der Waals surface area contributed by atoms with Crippen molar-refractivity contribution in [2.45, 2.75) is 37.6 Å². The minimum absolute atomic E-state index is 0.154. The molecule has 0 fully saturated rings. The summed E-state index contributed by atoms with van der Waals surface area (Å²) in [6.07, 6.45) is 3.97. The van der Waals surface area contributed by atoms with Gasteiger partial charge in [0.2, 0.25) is 5.91 Å². The van der Waals surface area contributed by atoms with Gasteiger partial charge >= 0.3 is 0 Å². The number of primary amides is 1. The highest BCUT2D eigenvalue weighted by Crippen LogP contribution is 2.38. The lowest BCUT2D eigenvalue weighted by molar-refractivity contribution is -0.113. The summed E-state index contributed by atoms with van der Waals surface area (Å²) >= 11 is 2.88. The first-order chi connectivity index (χ1) is 13.5. The van der Waals surface area contributed by atoms with Gasteiger partial charge in [-0.2, -0.15) is 0 Å². The number of rotatable bonds is 5. The Morgan fingerprint density at radius 1 is 1.25 bits per heavy atom. The number of aromatic nitrogens is 1. The zero-order valence-corrected chi connectivity index (χ0v) is 17.2. The summed E-state index contributed by atoms with van der Waals surface area (Å²) in [5, 5.41) is 5.42. The molecule has 1 aromatic carbocycles. The second-order valence-corrected chi connectivity index (χ2v) is 9.01. The number of carbonyl (C=O) groups is 2. The average Bonchev–Trinajstić information content (AvgIpc) is 3.04. The Morgan fingerprint density at radius 3 is 2.86 bits per heavy atom. The van der Waals surface area contributed by atoms with Gasteiger partial charge in [0.25, 0.3) is 5.91 Å². The van der Waals surface area contributed by atoms with Crippen molar-refractivity contribution in [3.63, 3.8) is 0 Å². The van der Waals surface area contributed by atoms with E-state index in [-0.39, 0.29) is 11.7 Å². The number of benzene rings is 1. The number of thioether (sulfide) groups is 1. The number of nitrogens with zero attached hydrogens (tertiary/aromatic N) is 1. The first-order valence-corrected chi connectivity index (χ1v) is 11.1. The summed E-state index contributed by atoms with van der Waals surface area (Å²) in [5.74, 6) is -0.390. The average molecular weight is 412 g/mol. The summed E-state index contributed by atoms with van der Waals surface area (Å²) in [7, 11) is 0. The van der Waals surface area contributed by atoms with Crippen molar-refractivity contribution in [3.05, 3.63) is 51.9 Å². The maximum Gasteiger partial charge on any atom is 0.251 e. The molecule has 1 aliphatic rings. The van der Waals surface area contributed by atoms with Crippen molar-refractivity contribution in [1.82, 2.24) is 4.98 Å². The maximum atomic E-state index is 12.5. The van der Waals surface area contributed by atoms with Crippen LogP contribution in [0.5, 0.6) is 0 Å². The summed E-state index contributed by atoms with van der Waals surface area (Å²) in [6.45, 7) is 2.05. The molecule has 144 valence electrons. The lowest BCUT2D eigenvalue weighted by Gasteiger charge is -2.11. The summed E-state index contributed by atoms with van der Waals surface area (Å²) in [6, 6.07) is 9.97. The molecular formula is C21H21N3O2S2. The van der Waals surface area contributed by atoms with Gasteiger partial charge in [0.05, 0.1) is 21.9 Å². The van der Waals surface area contributed by atoms with Crippen LogP contribution in [0.2, 0.25) is 0 Å². The van der Waals surface area contributed by atoms with E-state index in [1.54, 1.807) is 0 Å². The third-order valence-electron chi connectivity index (χ3n) is 4.92. The van der Waals surface area contributed by atoms with E-state index in [1.165, 1.54) is 28.0 Å². The van der Waals surface area contributed by atoms with Crippen LogP contribution in [0, 0.1) is 6.92 Å². The lowest BCUT2D eigenvalue weighted by Crippen LogP contribution is -2.19. The fraction of sp³-hybridized carbons (Fsp3) is 0.286. The molecule has 5 nitrogen and oxygen atoms in total. The van der Waals surface area contributed by atoms with Crippen LogP contribution in [0.1, 0.15) is 39.2 Å². The molecule has 0 saturated carbocycles. The maximum absolute atomic E-state index is 12.5. The molecule has 28 heavy (non-hydrogen) atoms. The van der Waals surface area contributed by atoms with Gasteiger partial charge in [0, 0.05) is 10.3 Å². The predicted octanol–water partition coefficient (Wildman–Crippen LogP) is 4.31. The van der Waals surface area contributed by atoms with Crippen LogP contribution in [-0.4, -0.2) is 22.6 Å². The zero-order valence-electron chi connectivity index (χ0n) is 15.6. The number of carbonyl (C=O) groups excluding carboxylic acids is 2. The Morgan fingerprint density at radius 2 is 2.04 bits per heavy atom. The Balaban J connectivity index is 1.48. The van der Waals surface area contributed by atoms with Crippen LogP contribution in [0.4, 0.5) is 5.00 Å². The number of fused-ring (bicyclic) bond motifs is 2. The highest BCUT2D eigenvalue weighted by atomic mass is 32.2. The number of anilines is 1. The van der Waals surface area contributed by atoms with Crippen molar-refractivity contribution in [2.75, 3.05) is 11.1 Å². The number of nitrogens with two attached hydrogens (primary N) is 1. The standard InChI is InChI=1S/C21H21N3O2S2/c1-12-10-18(23-15-8-4-2-6-13(12)15)27-11-17(25)24-21-19(20(22)26)14-7-3-5-9-16(14)28-21/h2,4,6,8,10H,3,5,7,9,11H2,1H3,(H2,22,26)(H,24,25). The zero-order chi connectivity index (χ0) is 19.7. The normalized spacial score (nSPS) is 13.3. The highest BCUT2D eigenvalue weighted by Gasteiger charge is 2.24. The van der Waals surface area contributed by atoms with Crippen LogP contribution in [0.25, 0.3) is 10.9 Å². The summed E-state index contributed by atoms with van der Waals surface area (Å²) in [4.78, 5) is 30.3. The predicted molar refractivity (Wildman–Crippen MR) is 115 cm³/mol. The van der Waals surface area contributed by atoms with E-state index >= 15 is 0 Å². The van der Waals surface area contributed by atoms with Crippen molar-refractivity contribution in [3.8, 4) is 0 Å². The lowest BCUT2D eigenvalue weighted by atomic mass is 9.95. The third kappa shape index (κ3) is 3.77. The highest BCUT2D eigenvalue weighted by molar-refractivity contribution is 7.99. The van der Waals surface area contributed by atoms with Crippen molar-refractivity contribution in [2.24, 2.45) is 5.73 Å². The Labute approximate surface area is 171 Å². The molecule has 2 heterocycles. The molecule has 3 aromatic rings. The fourth-order valence-electron chi connectivity index (χ4n) is 3.61. The van der Waals surface area contributed by atoms with Crippen molar-refractivity contribution in [1.29, 1.82) is 0 Å². The number of hydrogen-bond donors (Lipinski definition) is 2. The number of amides is 2. The minimum Gasteiger partial charge on any atom is -0.365 e. The molecule has 0 radical (unpaired) electrons. The molecule has 4 rings (SSSR count). The molecule has 2 aromatic heterocycles. The monoisotopic (exact) mass is 411 g/mol. The van der Waals surface area contributed by atoms with Crippen LogP contribution < -0.4 is 11.1 Å². The smallest absolute Gasteiger partial charge is 0.251 e. The molecule has 2 amide bonds. The van der Waals surface area contributed by atoms with E-state index in [1.807, 2.05) is 37.3 Å². The van der Waals surface area contributed by atoms with Gasteiger partial charge in [-0.1, -0.05) is 30.0 Å². The van der Waals surface area contributed by atoms with E-state index in [0.717, 1.165) is 52.7 Å². The molecule has 0 saturated heterocycles. The summed E-state index contributed by atoms with van der Waals surface area (Å²) in [5.41, 5.74) is 9.18. The van der Waals surface area contributed by atoms with Gasteiger partial charge in [0.15, 0.2) is 0 Å². The van der Waals surface area contributed by atoms with Gasteiger partial charge in [-0.05, 0) is 55.9 Å². The van der Waals surface area contributed by atoms with Gasteiger partial charge in [-0.15, -0.1) is 11.3 Å². The van der Waals surface area contributed by atoms with Crippen LogP contribution in [0.3, 0.4) is 0 Å². The number of nitrogens with one attached hydrogen (secondary N) is 1. The van der Waals surface area contributed by atoms with Crippen LogP contribution in [-0.2, 0) is 17.6 Å². The number of pyridine rings is 1. The molecule has 0 unspecified atom stereocenters. The quantitative estimate of drug-likeness (QED) is 0.613. The van der Waals surface area contributed by atoms with Crippen molar-refractivity contribution >= 4 is 50.8 Å². The molecule has 0 spiro atoms. The van der Waals surface area contributed by atoms with Crippen LogP contribution in [0.15, 0.2) is 35.4 Å². The molecule has 0 atom stereocenters. The number of para-hydroxylation sites is 1. The molecular weight excluding hydrogens is 390 g/mol. The van der Waals surface area contributed by atoms with Crippen LogP contribution >= 0.6 is 23.1 Å². The number of hydrogen-bond acceptors (Lipinski definition) is 5. The second-order valence-electron chi connectivity index (χ2n) is 6.91. The van der Waals surface area contributed by atoms with Gasteiger partial charge in [0.1, 0.15) is 5.00 Å². The minimum atomic E-state index is -0.464. The first kappa shape index (κ1) is 19.0. The molecule has 7 heteroatoms. The Hall–Kier alpha value is -2.38. The van der Waals surface area contributed by atoms with Crippen molar-refractivity contribution < 1.29 is 9.59 Å². The molecule has 3 N–H and O–H groups in total. The number of aryl methyl sites for hydroxylation is 2. The van der Waals surface area contributed by atoms with E-state index in [2.05, 4.69) is 10.3 Å². The Bertz CT molecular complexity index is 1070. The topological polar surface area (TPSA) is 85.1 Å². The molecule has 0 bridgehead atoms. The second kappa shape index (κ2) is 7.93. The third-order valence-corrected chi connectivity index (χ3v) is 7.04. The van der Waals surface area contributed by atoms with Gasteiger partial charge in [-0.25, -0.2) is 4.98 Å². The van der Waals surface area contributed by atoms with E-state index in [9.17, 15) is 9.59 Å². The van der Waals surface area contributed by atoms with Gasteiger partial charge in [-0.3, -0.25) is 9.59 Å². The molecule has 1 aliphatic carbocycles. The fourth-order valence-corrected chi connectivity index (χ4v) is 5.69. The number of thiophene rings is 1. The Kier molecular flexibility index (Phi) is 5.37. The van der Waals surface area contributed by atoms with E-state index in [4.69, 9.17) is 5.73 Å². The van der Waals surface area contributed by atoms with Gasteiger partial charge < -0.3 is 11.1 Å². The largest absolute Gasteiger partial charge is 0.365 e. The van der Waals surface area contributed by atoms with E-state index in [0.29, 0.717) is 10.6 Å². The van der Waals surface area contributed by atoms with E-state index < -0.39 is 5.91 Å². The SMILES string of the molecule is Cc1cc(SCC(=O)Nc2sc3c(c2C(N)=O)CCCC3)nc2ccccc12.